The number of anilines is 2. The van der Waals surface area contributed by atoms with Crippen molar-refractivity contribution in [3.63, 3.8) is 0 Å². The fourth-order valence-corrected chi connectivity index (χ4v) is 1.63. The minimum absolute atomic E-state index is 0.0652. The van der Waals surface area contributed by atoms with Crippen LogP contribution in [0.1, 0.15) is 6.42 Å². The Morgan fingerprint density at radius 3 is 2.31 bits per heavy atom. The molecule has 0 radical (unpaired) electrons. The van der Waals surface area contributed by atoms with Crippen molar-refractivity contribution in [3.05, 3.63) is 24.3 Å². The van der Waals surface area contributed by atoms with Crippen LogP contribution >= 0.6 is 0 Å². The van der Waals surface area contributed by atoms with E-state index in [4.69, 9.17) is 11.6 Å². The predicted octanol–water partition coefficient (Wildman–Crippen LogP) is -0.437. The number of hydrazine groups is 1. The van der Waals surface area contributed by atoms with Gasteiger partial charge in [0.1, 0.15) is 0 Å². The van der Waals surface area contributed by atoms with Gasteiger partial charge < -0.3 is 11.2 Å². The normalized spacial score (nSPS) is 20.4. The Balaban J connectivity index is 2.30. The van der Waals surface area contributed by atoms with E-state index < -0.39 is 6.04 Å². The highest BCUT2D eigenvalue weighted by atomic mass is 16.2. The number of nitrogens with one attached hydrogen (secondary N) is 1. The summed E-state index contributed by atoms with van der Waals surface area (Å²) in [6, 6.07) is 5.92. The van der Waals surface area contributed by atoms with E-state index in [0.29, 0.717) is 11.4 Å². The van der Waals surface area contributed by atoms with Crippen LogP contribution in [0.15, 0.2) is 24.3 Å². The molecule has 1 aliphatic heterocycles. The molecule has 1 heterocycles. The van der Waals surface area contributed by atoms with Crippen molar-refractivity contribution in [1.29, 1.82) is 0 Å². The molecule has 0 saturated carbocycles. The third-order valence-electron chi connectivity index (χ3n) is 2.47. The smallest absolute Gasteiger partial charge is 0.251 e. The van der Waals surface area contributed by atoms with Gasteiger partial charge in [-0.05, 0) is 24.3 Å². The summed E-state index contributed by atoms with van der Waals surface area (Å²) < 4.78 is 0. The maximum Gasteiger partial charge on any atom is 0.251 e. The average molecular weight is 220 g/mol. The van der Waals surface area contributed by atoms with Gasteiger partial charge in [0, 0.05) is 5.69 Å². The summed E-state index contributed by atoms with van der Waals surface area (Å²) in [5, 5.41) is 0. The third kappa shape index (κ3) is 1.64. The second-order valence-corrected chi connectivity index (χ2v) is 3.57. The van der Waals surface area contributed by atoms with Gasteiger partial charge in [0.05, 0.1) is 18.2 Å². The van der Waals surface area contributed by atoms with E-state index in [2.05, 4.69) is 5.43 Å². The lowest BCUT2D eigenvalue weighted by molar-refractivity contribution is -0.121. The summed E-state index contributed by atoms with van der Waals surface area (Å²) in [5.74, 6) is 4.58. The van der Waals surface area contributed by atoms with E-state index in [0.717, 1.165) is 4.90 Å². The van der Waals surface area contributed by atoms with E-state index >= 15 is 0 Å². The fraction of sp³-hybridized carbons (Fsp3) is 0.200. The minimum Gasteiger partial charge on any atom is -0.324 e. The van der Waals surface area contributed by atoms with Crippen molar-refractivity contribution in [2.45, 2.75) is 12.5 Å². The molecule has 1 aromatic carbocycles. The second kappa shape index (κ2) is 3.92. The van der Waals surface area contributed by atoms with Gasteiger partial charge >= 0.3 is 0 Å². The highest BCUT2D eigenvalue weighted by Crippen LogP contribution is 2.23. The van der Waals surface area contributed by atoms with Crippen LogP contribution in [0, 0.1) is 0 Å². The molecule has 84 valence electrons. The van der Waals surface area contributed by atoms with Crippen LogP contribution in [0.2, 0.25) is 0 Å². The van der Waals surface area contributed by atoms with Gasteiger partial charge in [-0.25, -0.2) is 4.90 Å². The predicted molar refractivity (Wildman–Crippen MR) is 59.3 cm³/mol. The number of imide groups is 1. The first-order valence-corrected chi connectivity index (χ1v) is 4.82. The number of rotatable bonds is 2. The Morgan fingerprint density at radius 1 is 1.25 bits per heavy atom. The minimum atomic E-state index is -0.722. The summed E-state index contributed by atoms with van der Waals surface area (Å²) >= 11 is 0. The van der Waals surface area contributed by atoms with E-state index in [9.17, 15) is 9.59 Å². The average Bonchev–Trinajstić information content (AvgIpc) is 2.54. The Hall–Kier alpha value is -1.92. The standard InChI is InChI=1S/C10H12N4O2/c11-8-5-9(15)14(10(8)16)7-3-1-6(13-12)2-4-7/h1-4,8,13H,5,11-12H2. The van der Waals surface area contributed by atoms with Crippen molar-refractivity contribution in [2.75, 3.05) is 10.3 Å². The maximum absolute atomic E-state index is 11.6. The molecule has 2 amide bonds. The Kier molecular flexibility index (Phi) is 2.59. The molecule has 6 heteroatoms. The number of nitrogens with two attached hydrogens (primary N) is 2. The summed E-state index contributed by atoms with van der Waals surface area (Å²) in [7, 11) is 0. The SMILES string of the molecule is NNc1ccc(N2C(=O)CC(N)C2=O)cc1. The number of nitrogens with zero attached hydrogens (tertiary/aromatic N) is 1. The molecule has 5 N–H and O–H groups in total. The number of hydrogen-bond donors (Lipinski definition) is 3. The lowest BCUT2D eigenvalue weighted by atomic mass is 10.2. The van der Waals surface area contributed by atoms with Crippen LogP contribution in [0.3, 0.4) is 0 Å². The van der Waals surface area contributed by atoms with Crippen LogP contribution in [-0.2, 0) is 9.59 Å². The quantitative estimate of drug-likeness (QED) is 0.356. The van der Waals surface area contributed by atoms with Crippen molar-refractivity contribution >= 4 is 23.2 Å². The van der Waals surface area contributed by atoms with Gasteiger partial charge in [0.25, 0.3) is 5.91 Å². The lowest BCUT2D eigenvalue weighted by Crippen LogP contribution is -2.35. The van der Waals surface area contributed by atoms with Gasteiger partial charge in [0.2, 0.25) is 5.91 Å². The van der Waals surface area contributed by atoms with Crippen molar-refractivity contribution in [1.82, 2.24) is 0 Å². The number of amides is 2. The zero-order valence-electron chi connectivity index (χ0n) is 8.51. The molecule has 0 aliphatic carbocycles. The molecule has 16 heavy (non-hydrogen) atoms. The molecule has 2 rings (SSSR count). The van der Waals surface area contributed by atoms with Crippen LogP contribution in [0.5, 0.6) is 0 Å². The first-order valence-electron chi connectivity index (χ1n) is 4.82. The van der Waals surface area contributed by atoms with E-state index in [1.807, 2.05) is 0 Å². The largest absolute Gasteiger partial charge is 0.324 e. The third-order valence-corrected chi connectivity index (χ3v) is 2.47. The molecular formula is C10H12N4O2. The fourth-order valence-electron chi connectivity index (χ4n) is 1.63. The van der Waals surface area contributed by atoms with Crippen LogP contribution in [0.4, 0.5) is 11.4 Å². The zero-order chi connectivity index (χ0) is 11.7. The van der Waals surface area contributed by atoms with Crippen molar-refractivity contribution < 1.29 is 9.59 Å². The molecule has 1 saturated heterocycles. The monoisotopic (exact) mass is 220 g/mol. The van der Waals surface area contributed by atoms with Crippen LogP contribution in [0.25, 0.3) is 0 Å². The van der Waals surface area contributed by atoms with Crippen LogP contribution in [-0.4, -0.2) is 17.9 Å². The van der Waals surface area contributed by atoms with Gasteiger partial charge in [-0.2, -0.15) is 0 Å². The maximum atomic E-state index is 11.6. The molecule has 1 fully saturated rings. The Morgan fingerprint density at radius 2 is 1.88 bits per heavy atom. The Bertz CT molecular complexity index is 429. The molecule has 0 bridgehead atoms. The van der Waals surface area contributed by atoms with E-state index in [1.165, 1.54) is 0 Å². The molecule has 6 nitrogen and oxygen atoms in total. The highest BCUT2D eigenvalue weighted by molar-refractivity contribution is 6.22. The summed E-state index contributed by atoms with van der Waals surface area (Å²) in [6.45, 7) is 0. The summed E-state index contributed by atoms with van der Waals surface area (Å²) in [6.07, 6.45) is 0.0652. The van der Waals surface area contributed by atoms with Gasteiger partial charge in [0.15, 0.2) is 0 Å². The van der Waals surface area contributed by atoms with Crippen LogP contribution < -0.4 is 21.9 Å². The topological polar surface area (TPSA) is 101 Å². The highest BCUT2D eigenvalue weighted by Gasteiger charge is 2.36. The van der Waals surface area contributed by atoms with Gasteiger partial charge in [-0.3, -0.25) is 15.4 Å². The van der Waals surface area contributed by atoms with Crippen molar-refractivity contribution in [3.8, 4) is 0 Å². The molecule has 1 aliphatic rings. The zero-order valence-corrected chi connectivity index (χ0v) is 8.51. The summed E-state index contributed by atoms with van der Waals surface area (Å²) in [4.78, 5) is 24.2. The first kappa shape index (κ1) is 10.6. The van der Waals surface area contributed by atoms with Gasteiger partial charge in [-0.1, -0.05) is 0 Å². The number of carbonyl (C=O) groups is 2. The number of benzene rings is 1. The Labute approximate surface area is 92.2 Å². The number of carbonyl (C=O) groups excluding carboxylic acids is 2. The molecule has 1 atom stereocenters. The lowest BCUT2D eigenvalue weighted by Gasteiger charge is -2.14. The van der Waals surface area contributed by atoms with Gasteiger partial charge in [-0.15, -0.1) is 0 Å². The van der Waals surface area contributed by atoms with Crippen molar-refractivity contribution in [2.24, 2.45) is 11.6 Å². The van der Waals surface area contributed by atoms with E-state index in [-0.39, 0.29) is 18.2 Å². The molecule has 1 unspecified atom stereocenters. The summed E-state index contributed by atoms with van der Waals surface area (Å²) in [5.41, 5.74) is 9.19. The molecule has 0 spiro atoms. The molecule has 1 aromatic rings. The molecular weight excluding hydrogens is 208 g/mol. The van der Waals surface area contributed by atoms with E-state index in [1.54, 1.807) is 24.3 Å². The second-order valence-electron chi connectivity index (χ2n) is 3.57. The first-order chi connectivity index (χ1) is 7.63. The number of hydrogen-bond acceptors (Lipinski definition) is 5. The molecule has 0 aromatic heterocycles. The number of nitrogen functional groups attached to an aromatic ring is 1.